The fourth-order valence-electron chi connectivity index (χ4n) is 1.78. The van der Waals surface area contributed by atoms with Crippen LogP contribution >= 0.6 is 11.6 Å². The van der Waals surface area contributed by atoms with Crippen LogP contribution in [-0.2, 0) is 19.6 Å². The number of rotatable bonds is 5. The quantitative estimate of drug-likeness (QED) is 0.809. The maximum absolute atomic E-state index is 13.8. The number of halogens is 2. The van der Waals surface area contributed by atoms with Gasteiger partial charge in [0.25, 0.3) is 0 Å². The molecule has 0 radical (unpaired) electrons. The molecule has 1 aromatic rings. The highest BCUT2D eigenvalue weighted by Crippen LogP contribution is 2.30. The second-order valence-corrected chi connectivity index (χ2v) is 6.45. The highest BCUT2D eigenvalue weighted by Gasteiger charge is 2.35. The van der Waals surface area contributed by atoms with Gasteiger partial charge in [-0.25, -0.2) is 17.6 Å². The van der Waals surface area contributed by atoms with Gasteiger partial charge in [-0.05, 0) is 44.2 Å². The molecule has 0 aliphatic heterocycles. The molecule has 5 nitrogen and oxygen atoms in total. The third-order valence-electron chi connectivity index (χ3n) is 2.74. The SMILES string of the molecule is [2H]c1c([2H])c(NS(=O)(=O)[C@H]2C(C(=O)OCC)=CCC([2H])([2H])C2([2H])[2H])c(Cl)c([2H])c1F. The first kappa shape index (κ1) is 10.3. The molecule has 1 atom stereocenters. The van der Waals surface area contributed by atoms with Crippen LogP contribution in [0.1, 0.15) is 35.7 Å². The number of esters is 1. The first-order chi connectivity index (χ1) is 13.6. The van der Waals surface area contributed by atoms with Crippen LogP contribution in [0, 0.1) is 5.82 Å². The van der Waals surface area contributed by atoms with Crippen LogP contribution < -0.4 is 4.72 Å². The molecule has 0 heterocycles. The number of ether oxygens (including phenoxy) is 1. The molecule has 0 aromatic heterocycles. The zero-order chi connectivity index (χ0) is 23.2. The Morgan fingerprint density at radius 2 is 2.35 bits per heavy atom. The van der Waals surface area contributed by atoms with Crippen LogP contribution in [-0.4, -0.2) is 26.2 Å². The van der Waals surface area contributed by atoms with Crippen molar-refractivity contribution in [2.45, 2.75) is 31.3 Å². The first-order valence-corrected chi connectivity index (χ1v) is 8.36. The monoisotopic (exact) mass is 368 g/mol. The van der Waals surface area contributed by atoms with E-state index in [1.54, 1.807) is 4.72 Å². The largest absolute Gasteiger partial charge is 0.463 e. The third-order valence-corrected chi connectivity index (χ3v) is 4.51. The van der Waals surface area contributed by atoms with Crippen molar-refractivity contribution in [1.29, 1.82) is 0 Å². The zero-order valence-corrected chi connectivity index (χ0v) is 13.4. The van der Waals surface area contributed by atoms with Gasteiger partial charge in [-0.3, -0.25) is 4.72 Å². The van der Waals surface area contributed by atoms with Gasteiger partial charge in [0, 0.05) is 5.48 Å². The number of hydrogen-bond donors (Lipinski definition) is 1. The van der Waals surface area contributed by atoms with Gasteiger partial charge in [0.2, 0.25) is 10.0 Å². The molecule has 1 N–H and O–H groups in total. The Hall–Kier alpha value is -1.60. The third kappa shape index (κ3) is 4.23. The van der Waals surface area contributed by atoms with Gasteiger partial charge >= 0.3 is 5.97 Å². The molecule has 0 saturated carbocycles. The van der Waals surface area contributed by atoms with Crippen LogP contribution in [0.25, 0.3) is 0 Å². The highest BCUT2D eigenvalue weighted by molar-refractivity contribution is 7.93. The Balaban J connectivity index is 2.68. The predicted molar refractivity (Wildman–Crippen MR) is 86.3 cm³/mol. The summed E-state index contributed by atoms with van der Waals surface area (Å²) < 4.78 is 101. The van der Waals surface area contributed by atoms with Crippen LogP contribution in [0.4, 0.5) is 10.1 Å². The van der Waals surface area contributed by atoms with Gasteiger partial charge in [0.1, 0.15) is 11.1 Å². The number of carbonyl (C=O) groups is 1. The normalized spacial score (nSPS) is 27.0. The minimum atomic E-state index is -5.05. The minimum Gasteiger partial charge on any atom is -0.463 e. The number of anilines is 1. The summed E-state index contributed by atoms with van der Waals surface area (Å²) in [4.78, 5) is 12.2. The number of benzene rings is 1. The Morgan fingerprint density at radius 3 is 3.04 bits per heavy atom. The zero-order valence-electron chi connectivity index (χ0n) is 18.9. The average Bonchev–Trinajstić information content (AvgIpc) is 2.64. The Bertz CT molecular complexity index is 1000. The van der Waals surface area contributed by atoms with Crippen molar-refractivity contribution in [3.8, 4) is 0 Å². The van der Waals surface area contributed by atoms with Crippen LogP contribution in [0.15, 0.2) is 29.8 Å². The summed E-state index contributed by atoms with van der Waals surface area (Å²) in [5, 5.41) is -3.27. The molecule has 1 aliphatic carbocycles. The maximum atomic E-state index is 13.8. The fraction of sp³-hybridized carbons (Fsp3) is 0.400. The minimum absolute atomic E-state index is 0.155. The number of allylic oxidation sites excluding steroid dienone is 1. The molecule has 0 fully saturated rings. The Morgan fingerprint density at radius 1 is 1.61 bits per heavy atom. The summed E-state index contributed by atoms with van der Waals surface area (Å²) in [7, 11) is -5.05. The smallest absolute Gasteiger partial charge is 0.335 e. The Labute approximate surface area is 149 Å². The van der Waals surface area contributed by atoms with E-state index in [2.05, 4.69) is 0 Å². The van der Waals surface area contributed by atoms with Crippen LogP contribution in [0.5, 0.6) is 0 Å². The number of nitrogens with one attached hydrogen (secondary N) is 1. The van der Waals surface area contributed by atoms with Crippen LogP contribution in [0.3, 0.4) is 0 Å². The molecule has 2 rings (SSSR count). The van der Waals surface area contributed by atoms with E-state index in [-0.39, 0.29) is 6.61 Å². The standard InChI is InChI=1S/C15H17ClFNO4S/c1-2-22-15(19)11-5-3-4-6-14(11)23(20,21)18-13-8-7-10(17)9-12(13)16/h5,7-9,14,18H,2-4,6H2,1H3/t14-/m1/s1/i4D2,6D2,7D,8D,9D. The summed E-state index contributed by atoms with van der Waals surface area (Å²) in [5.41, 5.74) is -1.52. The van der Waals surface area contributed by atoms with Crippen molar-refractivity contribution < 1.29 is 31.9 Å². The van der Waals surface area contributed by atoms with Gasteiger partial charge in [-0.15, -0.1) is 0 Å². The molecule has 0 amide bonds. The van der Waals surface area contributed by atoms with Gasteiger partial charge in [-0.2, -0.15) is 0 Å². The number of sulfonamides is 1. The average molecular weight is 369 g/mol. The molecule has 0 saturated heterocycles. The maximum Gasteiger partial charge on any atom is 0.335 e. The van der Waals surface area contributed by atoms with Crippen molar-refractivity contribution in [3.63, 3.8) is 0 Å². The summed E-state index contributed by atoms with van der Waals surface area (Å²) >= 11 is 5.76. The van der Waals surface area contributed by atoms with E-state index < -0.39 is 80.6 Å². The van der Waals surface area contributed by atoms with Crippen LogP contribution in [0.2, 0.25) is 5.02 Å². The molecule has 1 aromatic carbocycles. The van der Waals surface area contributed by atoms with Crippen molar-refractivity contribution in [3.05, 3.63) is 40.6 Å². The highest BCUT2D eigenvalue weighted by atomic mass is 35.5. The molecule has 23 heavy (non-hydrogen) atoms. The number of hydrogen-bond acceptors (Lipinski definition) is 4. The lowest BCUT2D eigenvalue weighted by Crippen LogP contribution is -2.34. The molecule has 0 bridgehead atoms. The Kier molecular flexibility index (Phi) is 3.28. The van der Waals surface area contributed by atoms with Crippen molar-refractivity contribution in [2.24, 2.45) is 0 Å². The summed E-state index contributed by atoms with van der Waals surface area (Å²) in [6.45, 7) is 1.28. The molecule has 126 valence electrons. The van der Waals surface area contributed by atoms with E-state index in [4.69, 9.17) is 25.9 Å². The molecule has 1 aliphatic rings. The van der Waals surface area contributed by atoms with E-state index >= 15 is 0 Å². The predicted octanol–water partition coefficient (Wildman–Crippen LogP) is 3.26. The van der Waals surface area contributed by atoms with Gasteiger partial charge in [-0.1, -0.05) is 17.7 Å². The van der Waals surface area contributed by atoms with E-state index in [1.165, 1.54) is 6.92 Å². The summed E-state index contributed by atoms with van der Waals surface area (Å²) in [5.74, 6) is -2.63. The number of carbonyl (C=O) groups excluding carboxylic acids is 1. The second-order valence-electron chi connectivity index (χ2n) is 4.31. The summed E-state index contributed by atoms with van der Waals surface area (Å²) in [6, 6.07) is -3.19. The fourth-order valence-corrected chi connectivity index (χ4v) is 3.33. The van der Waals surface area contributed by atoms with E-state index in [1.807, 2.05) is 0 Å². The van der Waals surface area contributed by atoms with E-state index in [0.29, 0.717) is 0 Å². The lowest BCUT2D eigenvalue weighted by atomic mass is 9.99. The second kappa shape index (κ2) is 7.31. The lowest BCUT2D eigenvalue weighted by molar-refractivity contribution is -0.138. The first-order valence-electron chi connectivity index (χ1n) is 9.93. The van der Waals surface area contributed by atoms with E-state index in [9.17, 15) is 17.6 Å². The van der Waals surface area contributed by atoms with E-state index in [0.717, 1.165) is 6.08 Å². The van der Waals surface area contributed by atoms with Gasteiger partial charge in [0.15, 0.2) is 0 Å². The molecular formula is C15H17ClFNO4S. The van der Waals surface area contributed by atoms with Crippen molar-refractivity contribution in [2.75, 3.05) is 11.3 Å². The molecule has 0 spiro atoms. The van der Waals surface area contributed by atoms with Crippen molar-refractivity contribution in [1.82, 2.24) is 0 Å². The van der Waals surface area contributed by atoms with Gasteiger partial charge in [0.05, 0.1) is 27.0 Å². The molecule has 0 unspecified atom stereocenters. The van der Waals surface area contributed by atoms with Gasteiger partial charge < -0.3 is 4.74 Å². The topological polar surface area (TPSA) is 72.5 Å². The molecule has 8 heteroatoms. The lowest BCUT2D eigenvalue weighted by Gasteiger charge is -2.24. The van der Waals surface area contributed by atoms with Crippen molar-refractivity contribution >= 4 is 33.3 Å². The molecular weight excluding hydrogens is 345 g/mol. The summed E-state index contributed by atoms with van der Waals surface area (Å²) in [6.07, 6.45) is -5.50.